The number of rotatable bonds is 1. The van der Waals surface area contributed by atoms with Crippen molar-refractivity contribution in [3.8, 4) is 0 Å². The summed E-state index contributed by atoms with van der Waals surface area (Å²) in [5.74, 6) is 1.20. The van der Waals surface area contributed by atoms with Crippen molar-refractivity contribution < 1.29 is 5.21 Å². The van der Waals surface area contributed by atoms with Gasteiger partial charge in [-0.1, -0.05) is 20.8 Å². The smallest absolute Gasteiger partial charge is 0.0472 e. The number of oxime groups is 1. The second-order valence-corrected chi connectivity index (χ2v) is 4.17. The molecule has 0 radical (unpaired) electrons. The van der Waals surface area contributed by atoms with E-state index in [0.717, 1.165) is 12.3 Å². The summed E-state index contributed by atoms with van der Waals surface area (Å²) in [5, 5.41) is 11.5. The maximum atomic E-state index is 8.41. The highest BCUT2D eigenvalue weighted by molar-refractivity contribution is 5.61. The predicted octanol–water partition coefficient (Wildman–Crippen LogP) is 2.52. The van der Waals surface area contributed by atoms with Crippen LogP contribution in [0.25, 0.3) is 0 Å². The van der Waals surface area contributed by atoms with Gasteiger partial charge in [0.25, 0.3) is 0 Å². The van der Waals surface area contributed by atoms with Crippen molar-refractivity contribution in [3.63, 3.8) is 0 Å². The predicted molar refractivity (Wildman–Crippen MR) is 45.9 cm³/mol. The summed E-state index contributed by atoms with van der Waals surface area (Å²) in [7, 11) is 0. The van der Waals surface area contributed by atoms with Crippen molar-refractivity contribution in [2.24, 2.45) is 22.4 Å². The third-order valence-electron chi connectivity index (χ3n) is 3.38. The van der Waals surface area contributed by atoms with Crippen molar-refractivity contribution >= 4 is 6.21 Å². The first-order valence-electron chi connectivity index (χ1n) is 4.26. The van der Waals surface area contributed by atoms with E-state index in [0.29, 0.717) is 11.3 Å². The molecule has 0 aromatic heterocycles. The molecule has 1 fully saturated rings. The number of hydrogen-bond donors (Lipinski definition) is 1. The van der Waals surface area contributed by atoms with Crippen LogP contribution in [0.3, 0.4) is 0 Å². The van der Waals surface area contributed by atoms with Crippen LogP contribution in [-0.2, 0) is 0 Å². The van der Waals surface area contributed by atoms with Crippen LogP contribution in [0.5, 0.6) is 0 Å². The standard InChI is InChI=1S/C9H17NO/c1-7-4-5-8(6-10-11)9(7,2)3/h6-8,11H,4-5H2,1-3H3/b10-6+/t7?,8-/m1/s1. The Bertz CT molecular complexity index is 163. The van der Waals surface area contributed by atoms with Gasteiger partial charge < -0.3 is 5.21 Å². The van der Waals surface area contributed by atoms with Crippen molar-refractivity contribution in [1.82, 2.24) is 0 Å². The third-order valence-corrected chi connectivity index (χ3v) is 3.38. The molecule has 0 saturated heterocycles. The summed E-state index contributed by atoms with van der Waals surface area (Å²) < 4.78 is 0. The molecule has 1 rings (SSSR count). The van der Waals surface area contributed by atoms with E-state index in [1.54, 1.807) is 6.21 Å². The van der Waals surface area contributed by atoms with Gasteiger partial charge in [0.2, 0.25) is 0 Å². The Morgan fingerprint density at radius 1 is 1.45 bits per heavy atom. The van der Waals surface area contributed by atoms with Crippen molar-refractivity contribution in [2.75, 3.05) is 0 Å². The Morgan fingerprint density at radius 2 is 2.09 bits per heavy atom. The normalized spacial score (nSPS) is 36.6. The van der Waals surface area contributed by atoms with Crippen LogP contribution in [0.1, 0.15) is 33.6 Å². The van der Waals surface area contributed by atoms with Crippen molar-refractivity contribution in [3.05, 3.63) is 0 Å². The summed E-state index contributed by atoms with van der Waals surface area (Å²) in [6.45, 7) is 6.76. The third kappa shape index (κ3) is 1.39. The summed E-state index contributed by atoms with van der Waals surface area (Å²) >= 11 is 0. The SMILES string of the molecule is CC1CC[C@H](/C=N/O)C1(C)C. The van der Waals surface area contributed by atoms with Crippen LogP contribution < -0.4 is 0 Å². The Balaban J connectivity index is 2.70. The molecule has 64 valence electrons. The monoisotopic (exact) mass is 155 g/mol. The molecule has 1 N–H and O–H groups in total. The van der Waals surface area contributed by atoms with Gasteiger partial charge in [-0.2, -0.15) is 0 Å². The van der Waals surface area contributed by atoms with Crippen LogP contribution in [0.2, 0.25) is 0 Å². The molecule has 2 nitrogen and oxygen atoms in total. The molecule has 1 aliphatic rings. The fourth-order valence-electron chi connectivity index (χ4n) is 1.89. The lowest BCUT2D eigenvalue weighted by molar-refractivity contribution is 0.240. The Hall–Kier alpha value is -0.530. The molecule has 0 spiro atoms. The largest absolute Gasteiger partial charge is 0.411 e. The van der Waals surface area contributed by atoms with E-state index in [-0.39, 0.29) is 0 Å². The lowest BCUT2D eigenvalue weighted by atomic mass is 9.77. The zero-order chi connectivity index (χ0) is 8.48. The fraction of sp³-hybridized carbons (Fsp3) is 0.889. The highest BCUT2D eigenvalue weighted by Crippen LogP contribution is 2.45. The zero-order valence-corrected chi connectivity index (χ0v) is 7.54. The first kappa shape index (κ1) is 8.57. The summed E-state index contributed by atoms with van der Waals surface area (Å²) in [4.78, 5) is 0. The van der Waals surface area contributed by atoms with Gasteiger partial charge >= 0.3 is 0 Å². The van der Waals surface area contributed by atoms with Gasteiger partial charge in [-0.15, -0.1) is 5.16 Å². The molecular weight excluding hydrogens is 138 g/mol. The summed E-state index contributed by atoms with van der Waals surface area (Å²) in [6.07, 6.45) is 4.10. The van der Waals surface area contributed by atoms with Gasteiger partial charge in [0, 0.05) is 12.1 Å². The second kappa shape index (κ2) is 2.84. The average molecular weight is 155 g/mol. The van der Waals surface area contributed by atoms with Crippen LogP contribution in [0.15, 0.2) is 5.16 Å². The molecule has 0 aromatic rings. The Morgan fingerprint density at radius 3 is 2.45 bits per heavy atom. The first-order valence-corrected chi connectivity index (χ1v) is 4.26. The molecule has 2 heteroatoms. The van der Waals surface area contributed by atoms with Gasteiger partial charge in [-0.25, -0.2) is 0 Å². The van der Waals surface area contributed by atoms with E-state index in [1.165, 1.54) is 6.42 Å². The number of nitrogens with zero attached hydrogens (tertiary/aromatic N) is 1. The van der Waals surface area contributed by atoms with E-state index in [2.05, 4.69) is 25.9 Å². The minimum atomic E-state index is 0.312. The maximum absolute atomic E-state index is 8.41. The minimum Gasteiger partial charge on any atom is -0.411 e. The molecular formula is C9H17NO. The summed E-state index contributed by atoms with van der Waals surface area (Å²) in [5.41, 5.74) is 0.312. The van der Waals surface area contributed by atoms with Crippen LogP contribution in [-0.4, -0.2) is 11.4 Å². The fourth-order valence-corrected chi connectivity index (χ4v) is 1.89. The van der Waals surface area contributed by atoms with Gasteiger partial charge in [0.15, 0.2) is 0 Å². The topological polar surface area (TPSA) is 32.6 Å². The molecule has 0 heterocycles. The van der Waals surface area contributed by atoms with Crippen molar-refractivity contribution in [1.29, 1.82) is 0 Å². The molecule has 11 heavy (non-hydrogen) atoms. The summed E-state index contributed by atoms with van der Waals surface area (Å²) in [6, 6.07) is 0. The molecule has 0 aromatic carbocycles. The van der Waals surface area contributed by atoms with Gasteiger partial charge in [0.05, 0.1) is 0 Å². The van der Waals surface area contributed by atoms with E-state index < -0.39 is 0 Å². The molecule has 1 aliphatic carbocycles. The van der Waals surface area contributed by atoms with Gasteiger partial charge in [0.1, 0.15) is 0 Å². The highest BCUT2D eigenvalue weighted by atomic mass is 16.4. The number of hydrogen-bond acceptors (Lipinski definition) is 2. The minimum absolute atomic E-state index is 0.312. The van der Waals surface area contributed by atoms with E-state index >= 15 is 0 Å². The van der Waals surface area contributed by atoms with Crippen LogP contribution in [0, 0.1) is 17.3 Å². The highest BCUT2D eigenvalue weighted by Gasteiger charge is 2.39. The quantitative estimate of drug-likeness (QED) is 0.352. The lowest BCUT2D eigenvalue weighted by Crippen LogP contribution is -2.24. The molecule has 1 saturated carbocycles. The Labute approximate surface area is 68.3 Å². The van der Waals surface area contributed by atoms with E-state index in [9.17, 15) is 0 Å². The first-order chi connectivity index (χ1) is 5.09. The molecule has 0 aliphatic heterocycles. The Kier molecular flexibility index (Phi) is 2.21. The van der Waals surface area contributed by atoms with Crippen LogP contribution in [0.4, 0.5) is 0 Å². The maximum Gasteiger partial charge on any atom is 0.0472 e. The molecule has 0 bridgehead atoms. The molecule has 0 amide bonds. The van der Waals surface area contributed by atoms with E-state index in [1.807, 2.05) is 0 Å². The van der Waals surface area contributed by atoms with Crippen LogP contribution >= 0.6 is 0 Å². The van der Waals surface area contributed by atoms with Crippen molar-refractivity contribution in [2.45, 2.75) is 33.6 Å². The molecule has 2 atom stereocenters. The average Bonchev–Trinajstić information content (AvgIpc) is 2.16. The van der Waals surface area contributed by atoms with Gasteiger partial charge in [-0.3, -0.25) is 0 Å². The zero-order valence-electron chi connectivity index (χ0n) is 7.54. The molecule has 1 unspecified atom stereocenters. The lowest BCUT2D eigenvalue weighted by Gasteiger charge is -2.28. The van der Waals surface area contributed by atoms with E-state index in [4.69, 9.17) is 5.21 Å². The second-order valence-electron chi connectivity index (χ2n) is 4.17. The van der Waals surface area contributed by atoms with Gasteiger partial charge in [-0.05, 0) is 24.2 Å².